The van der Waals surface area contributed by atoms with E-state index in [0.717, 1.165) is 5.69 Å². The first-order valence-electron chi connectivity index (χ1n) is 4.37. The third kappa shape index (κ3) is 1.30. The predicted octanol–water partition coefficient (Wildman–Crippen LogP) is 0.708. The van der Waals surface area contributed by atoms with Crippen molar-refractivity contribution < 1.29 is 9.90 Å². The molecule has 2 N–H and O–H groups in total. The number of rotatable bonds is 2. The molecule has 0 bridgehead atoms. The molecule has 0 atom stereocenters. The fourth-order valence-electron chi connectivity index (χ4n) is 1.47. The quantitative estimate of drug-likeness (QED) is 0.756. The van der Waals surface area contributed by atoms with Gasteiger partial charge in [0, 0.05) is 20.3 Å². The van der Waals surface area contributed by atoms with Gasteiger partial charge >= 0.3 is 5.97 Å². The van der Waals surface area contributed by atoms with Gasteiger partial charge in [-0.2, -0.15) is 0 Å². The van der Waals surface area contributed by atoms with Crippen LogP contribution < -0.4 is 5.32 Å². The van der Waals surface area contributed by atoms with Gasteiger partial charge in [0.2, 0.25) is 5.82 Å². The fourth-order valence-corrected chi connectivity index (χ4v) is 1.47. The number of imidazole rings is 1. The minimum atomic E-state index is -1.06. The molecule has 0 aliphatic rings. The van der Waals surface area contributed by atoms with Gasteiger partial charge in [0.25, 0.3) is 0 Å². The molecular formula is C9H10N4O2. The summed E-state index contributed by atoms with van der Waals surface area (Å²) in [7, 11) is 3.38. The maximum Gasteiger partial charge on any atom is 0.372 e. The Labute approximate surface area is 85.6 Å². The number of nitrogens with one attached hydrogen (secondary N) is 1. The van der Waals surface area contributed by atoms with Gasteiger partial charge < -0.3 is 15.0 Å². The molecule has 2 rings (SSSR count). The number of anilines is 1. The van der Waals surface area contributed by atoms with E-state index in [1.54, 1.807) is 26.4 Å². The van der Waals surface area contributed by atoms with E-state index in [-0.39, 0.29) is 5.82 Å². The minimum Gasteiger partial charge on any atom is -0.475 e. The molecule has 0 saturated heterocycles. The summed E-state index contributed by atoms with van der Waals surface area (Å²) in [5.74, 6) is -1.07. The Kier molecular flexibility index (Phi) is 2.03. The number of aromatic carboxylic acids is 1. The lowest BCUT2D eigenvalue weighted by Crippen LogP contribution is -2.05. The third-order valence-corrected chi connectivity index (χ3v) is 2.22. The van der Waals surface area contributed by atoms with E-state index in [1.165, 1.54) is 4.57 Å². The molecule has 2 heterocycles. The van der Waals surface area contributed by atoms with Gasteiger partial charge in [0.1, 0.15) is 5.52 Å². The molecule has 0 aliphatic carbocycles. The number of fused-ring (bicyclic) bond motifs is 1. The largest absolute Gasteiger partial charge is 0.475 e. The van der Waals surface area contributed by atoms with Crippen LogP contribution in [0.1, 0.15) is 10.6 Å². The maximum atomic E-state index is 10.9. The summed E-state index contributed by atoms with van der Waals surface area (Å²) in [5, 5.41) is 11.8. The topological polar surface area (TPSA) is 80.0 Å². The summed E-state index contributed by atoms with van der Waals surface area (Å²) in [6, 6.07) is 1.75. The number of carboxylic acid groups (broad SMARTS) is 1. The highest BCUT2D eigenvalue weighted by Crippen LogP contribution is 2.20. The van der Waals surface area contributed by atoms with Crippen LogP contribution in [0.25, 0.3) is 11.2 Å². The fraction of sp³-hybridized carbons (Fsp3) is 0.222. The summed E-state index contributed by atoms with van der Waals surface area (Å²) in [6.45, 7) is 0. The van der Waals surface area contributed by atoms with Crippen LogP contribution >= 0.6 is 0 Å². The Hall–Kier alpha value is -2.11. The first kappa shape index (κ1) is 9.45. The van der Waals surface area contributed by atoms with Gasteiger partial charge in [-0.1, -0.05) is 0 Å². The summed E-state index contributed by atoms with van der Waals surface area (Å²) in [5.41, 5.74) is 1.89. The molecule has 0 unspecified atom stereocenters. The molecule has 0 saturated carbocycles. The molecule has 0 fully saturated rings. The third-order valence-electron chi connectivity index (χ3n) is 2.22. The van der Waals surface area contributed by atoms with Crippen LogP contribution in [0.4, 0.5) is 5.69 Å². The second kappa shape index (κ2) is 3.23. The van der Waals surface area contributed by atoms with E-state index in [2.05, 4.69) is 15.3 Å². The van der Waals surface area contributed by atoms with Gasteiger partial charge in [-0.15, -0.1) is 0 Å². The molecule has 2 aromatic heterocycles. The monoisotopic (exact) mass is 206 g/mol. The highest BCUT2D eigenvalue weighted by atomic mass is 16.4. The minimum absolute atomic E-state index is 0.0137. The van der Waals surface area contributed by atoms with Gasteiger partial charge in [-0.25, -0.2) is 14.8 Å². The van der Waals surface area contributed by atoms with Crippen LogP contribution in [0.15, 0.2) is 12.3 Å². The zero-order valence-corrected chi connectivity index (χ0v) is 8.35. The number of hydrogen-bond acceptors (Lipinski definition) is 4. The van der Waals surface area contributed by atoms with Gasteiger partial charge in [-0.3, -0.25) is 0 Å². The molecule has 6 nitrogen and oxygen atoms in total. The molecule has 6 heteroatoms. The summed E-state index contributed by atoms with van der Waals surface area (Å²) < 4.78 is 1.46. The van der Waals surface area contributed by atoms with Crippen molar-refractivity contribution in [2.24, 2.45) is 7.05 Å². The number of carbonyl (C=O) groups is 1. The van der Waals surface area contributed by atoms with Crippen LogP contribution in [0.3, 0.4) is 0 Å². The summed E-state index contributed by atoms with van der Waals surface area (Å²) >= 11 is 0. The van der Waals surface area contributed by atoms with Gasteiger partial charge in [0.05, 0.1) is 5.69 Å². The van der Waals surface area contributed by atoms with Crippen molar-refractivity contribution in [1.82, 2.24) is 14.5 Å². The average molecular weight is 206 g/mol. The first-order chi connectivity index (χ1) is 7.15. The molecule has 2 aromatic rings. The predicted molar refractivity (Wildman–Crippen MR) is 55.0 cm³/mol. The molecular weight excluding hydrogens is 196 g/mol. The smallest absolute Gasteiger partial charge is 0.372 e. The number of hydrogen-bond donors (Lipinski definition) is 2. The lowest BCUT2D eigenvalue weighted by atomic mass is 10.3. The molecule has 78 valence electrons. The Bertz CT molecular complexity index is 532. The highest BCUT2D eigenvalue weighted by Gasteiger charge is 2.16. The SMILES string of the molecule is CNc1ccnc2c1nc(C(=O)O)n2C. The van der Waals surface area contributed by atoms with Crippen LogP contribution in [0.5, 0.6) is 0 Å². The molecule has 0 spiro atoms. The van der Waals surface area contributed by atoms with Gasteiger partial charge in [-0.05, 0) is 6.07 Å². The number of carboxylic acids is 1. The van der Waals surface area contributed by atoms with Crippen molar-refractivity contribution in [1.29, 1.82) is 0 Å². The summed E-state index contributed by atoms with van der Waals surface area (Å²) in [6.07, 6.45) is 1.61. The van der Waals surface area contributed by atoms with E-state index in [0.29, 0.717) is 11.2 Å². The second-order valence-corrected chi connectivity index (χ2v) is 3.08. The lowest BCUT2D eigenvalue weighted by molar-refractivity contribution is 0.0680. The molecule has 0 aliphatic heterocycles. The normalized spacial score (nSPS) is 10.5. The van der Waals surface area contributed by atoms with E-state index in [1.807, 2.05) is 0 Å². The number of pyridine rings is 1. The molecule has 0 aromatic carbocycles. The van der Waals surface area contributed by atoms with Crippen molar-refractivity contribution in [2.45, 2.75) is 0 Å². The Morgan fingerprint density at radius 1 is 1.60 bits per heavy atom. The van der Waals surface area contributed by atoms with Crippen molar-refractivity contribution in [3.05, 3.63) is 18.1 Å². The number of aromatic nitrogens is 3. The van der Waals surface area contributed by atoms with Crippen molar-refractivity contribution in [2.75, 3.05) is 12.4 Å². The maximum absolute atomic E-state index is 10.9. The highest BCUT2D eigenvalue weighted by molar-refractivity contribution is 5.93. The van der Waals surface area contributed by atoms with Crippen molar-refractivity contribution >= 4 is 22.8 Å². The van der Waals surface area contributed by atoms with Gasteiger partial charge in [0.15, 0.2) is 5.65 Å². The van der Waals surface area contributed by atoms with Crippen LogP contribution in [-0.4, -0.2) is 32.7 Å². The molecule has 0 radical (unpaired) electrons. The van der Waals surface area contributed by atoms with E-state index < -0.39 is 5.97 Å². The van der Waals surface area contributed by atoms with Crippen LogP contribution in [-0.2, 0) is 7.05 Å². The van der Waals surface area contributed by atoms with E-state index in [4.69, 9.17) is 5.11 Å². The molecule has 0 amide bonds. The van der Waals surface area contributed by atoms with E-state index >= 15 is 0 Å². The Morgan fingerprint density at radius 2 is 2.33 bits per heavy atom. The lowest BCUT2D eigenvalue weighted by Gasteiger charge is -1.99. The average Bonchev–Trinajstić information content (AvgIpc) is 2.56. The first-order valence-corrected chi connectivity index (χ1v) is 4.37. The molecule has 15 heavy (non-hydrogen) atoms. The zero-order valence-electron chi connectivity index (χ0n) is 8.35. The zero-order chi connectivity index (χ0) is 11.0. The van der Waals surface area contributed by atoms with Crippen LogP contribution in [0, 0.1) is 0 Å². The Balaban J connectivity index is 2.81. The van der Waals surface area contributed by atoms with Crippen molar-refractivity contribution in [3.63, 3.8) is 0 Å². The standard InChI is InChI=1S/C9H10N4O2/c1-10-5-3-4-11-7-6(5)12-8(9(14)15)13(7)2/h3-4H,1-2H3,(H,10,11)(H,14,15). The van der Waals surface area contributed by atoms with E-state index in [9.17, 15) is 4.79 Å². The number of aryl methyl sites for hydroxylation is 1. The van der Waals surface area contributed by atoms with Crippen molar-refractivity contribution in [3.8, 4) is 0 Å². The second-order valence-electron chi connectivity index (χ2n) is 3.08. The summed E-state index contributed by atoms with van der Waals surface area (Å²) in [4.78, 5) is 19.0. The Morgan fingerprint density at radius 3 is 2.93 bits per heavy atom. The number of nitrogens with zero attached hydrogens (tertiary/aromatic N) is 3. The van der Waals surface area contributed by atoms with Crippen LogP contribution in [0.2, 0.25) is 0 Å².